The maximum absolute atomic E-state index is 13.0. The molecule has 1 aliphatic heterocycles. The van der Waals surface area contributed by atoms with Crippen LogP contribution in [0.1, 0.15) is 33.7 Å². The van der Waals surface area contributed by atoms with Crippen molar-refractivity contribution in [1.29, 1.82) is 0 Å². The van der Waals surface area contributed by atoms with Crippen LogP contribution in [0.25, 0.3) is 21.6 Å². The Labute approximate surface area is 224 Å². The molecule has 0 atom stereocenters. The summed E-state index contributed by atoms with van der Waals surface area (Å²) in [4.78, 5) is 20.0. The fourth-order valence-electron chi connectivity index (χ4n) is 5.33. The number of carbonyl (C=O) groups is 1. The van der Waals surface area contributed by atoms with Gasteiger partial charge in [0.05, 0.1) is 6.54 Å². The number of carbonyl (C=O) groups excluding carboxylic acids is 1. The zero-order valence-corrected chi connectivity index (χ0v) is 22.6. The molecule has 3 aromatic carbocycles. The van der Waals surface area contributed by atoms with E-state index in [0.717, 1.165) is 29.9 Å². The van der Waals surface area contributed by atoms with E-state index >= 15 is 0 Å². The van der Waals surface area contributed by atoms with Crippen LogP contribution in [0.4, 0.5) is 10.5 Å². The highest BCUT2D eigenvalue weighted by Gasteiger charge is 2.30. The first-order valence-corrected chi connectivity index (χ1v) is 13.2. The lowest BCUT2D eigenvalue weighted by Crippen LogP contribution is -2.49. The highest BCUT2D eigenvalue weighted by atomic mass is 127. The van der Waals surface area contributed by atoms with Gasteiger partial charge in [0.1, 0.15) is 6.61 Å². The molecule has 0 aromatic heterocycles. The Morgan fingerprint density at radius 1 is 1.03 bits per heavy atom. The molecule has 1 fully saturated rings. The van der Waals surface area contributed by atoms with Crippen molar-refractivity contribution in [3.8, 4) is 11.1 Å². The third-order valence-corrected chi connectivity index (χ3v) is 8.97. The SMILES string of the molecule is Cc1c(CN=[N+]=[N-])cc(N2CCN(C(=O)OCC3c4ccccc4-c4ccccc43)CC2)c(C)c1I. The molecule has 5 rings (SSSR count). The molecule has 1 aliphatic carbocycles. The molecular formula is C28H28IN5O2. The topological polar surface area (TPSA) is 81.5 Å². The molecular weight excluding hydrogens is 565 g/mol. The molecule has 8 heteroatoms. The number of anilines is 1. The van der Waals surface area contributed by atoms with E-state index in [1.165, 1.54) is 31.4 Å². The molecule has 1 amide bonds. The summed E-state index contributed by atoms with van der Waals surface area (Å²) in [5.74, 6) is 0.0643. The van der Waals surface area contributed by atoms with E-state index in [2.05, 4.69) is 93.8 Å². The Morgan fingerprint density at radius 2 is 1.64 bits per heavy atom. The summed E-state index contributed by atoms with van der Waals surface area (Å²) in [6, 6.07) is 18.9. The van der Waals surface area contributed by atoms with Crippen LogP contribution in [-0.4, -0.2) is 43.8 Å². The lowest BCUT2D eigenvalue weighted by Gasteiger charge is -2.37. The Hall–Kier alpha value is -3.23. The van der Waals surface area contributed by atoms with Crippen molar-refractivity contribution in [3.63, 3.8) is 0 Å². The number of hydrogen-bond donors (Lipinski definition) is 0. The second-order valence-electron chi connectivity index (χ2n) is 9.29. The second-order valence-corrected chi connectivity index (χ2v) is 10.4. The standard InChI is InChI=1S/C28H28IN5O2/c1-18-20(16-31-32-30)15-26(19(2)27(18)29)33-11-13-34(14-12-33)28(35)36-17-25-23-9-5-3-7-21(23)22-8-4-6-10-24(22)25/h3-10,15,25H,11-14,16-17H2,1-2H3. The van der Waals surface area contributed by atoms with Gasteiger partial charge in [0.2, 0.25) is 0 Å². The third kappa shape index (κ3) is 4.51. The molecule has 36 heavy (non-hydrogen) atoms. The minimum atomic E-state index is -0.254. The van der Waals surface area contributed by atoms with Gasteiger partial charge in [0.25, 0.3) is 0 Å². The number of benzene rings is 3. The van der Waals surface area contributed by atoms with E-state index in [0.29, 0.717) is 26.2 Å². The molecule has 0 N–H and O–H groups in total. The Morgan fingerprint density at radius 3 is 2.25 bits per heavy atom. The van der Waals surface area contributed by atoms with Gasteiger partial charge < -0.3 is 14.5 Å². The first-order valence-electron chi connectivity index (χ1n) is 12.1. The van der Waals surface area contributed by atoms with Gasteiger partial charge in [-0.05, 0) is 87.0 Å². The van der Waals surface area contributed by atoms with Gasteiger partial charge in [-0.15, -0.1) is 0 Å². The van der Waals surface area contributed by atoms with Gasteiger partial charge in [-0.3, -0.25) is 0 Å². The largest absolute Gasteiger partial charge is 0.448 e. The molecule has 0 spiro atoms. The van der Waals surface area contributed by atoms with Crippen LogP contribution in [0.5, 0.6) is 0 Å². The van der Waals surface area contributed by atoms with Crippen LogP contribution in [0.15, 0.2) is 59.7 Å². The van der Waals surface area contributed by atoms with Gasteiger partial charge in [-0.2, -0.15) is 0 Å². The number of fused-ring (bicyclic) bond motifs is 3. The Bertz CT molecular complexity index is 1310. The maximum atomic E-state index is 13.0. The number of halogens is 1. The van der Waals surface area contributed by atoms with Crippen LogP contribution >= 0.6 is 22.6 Å². The maximum Gasteiger partial charge on any atom is 0.409 e. The van der Waals surface area contributed by atoms with Crippen molar-refractivity contribution in [2.24, 2.45) is 5.11 Å². The summed E-state index contributed by atoms with van der Waals surface area (Å²) in [5.41, 5.74) is 18.2. The second kappa shape index (κ2) is 10.4. The highest BCUT2D eigenvalue weighted by molar-refractivity contribution is 14.1. The fraction of sp³-hybridized carbons (Fsp3) is 0.321. The van der Waals surface area contributed by atoms with Crippen molar-refractivity contribution >= 4 is 34.4 Å². The highest BCUT2D eigenvalue weighted by Crippen LogP contribution is 2.44. The van der Waals surface area contributed by atoms with E-state index in [4.69, 9.17) is 10.3 Å². The van der Waals surface area contributed by atoms with E-state index in [1.54, 1.807) is 4.90 Å². The lowest BCUT2D eigenvalue weighted by atomic mass is 9.98. The minimum absolute atomic E-state index is 0.0643. The van der Waals surface area contributed by atoms with E-state index in [1.807, 2.05) is 12.1 Å². The van der Waals surface area contributed by atoms with Crippen molar-refractivity contribution < 1.29 is 9.53 Å². The smallest absolute Gasteiger partial charge is 0.409 e. The van der Waals surface area contributed by atoms with Crippen molar-refractivity contribution in [2.45, 2.75) is 26.3 Å². The number of rotatable bonds is 5. The summed E-state index contributed by atoms with van der Waals surface area (Å²) < 4.78 is 7.05. The first-order chi connectivity index (χ1) is 17.5. The zero-order chi connectivity index (χ0) is 25.2. The monoisotopic (exact) mass is 593 g/mol. The summed E-state index contributed by atoms with van der Waals surface area (Å²) in [6.07, 6.45) is -0.254. The van der Waals surface area contributed by atoms with E-state index in [9.17, 15) is 4.79 Å². The molecule has 184 valence electrons. The zero-order valence-electron chi connectivity index (χ0n) is 20.4. The minimum Gasteiger partial charge on any atom is -0.448 e. The van der Waals surface area contributed by atoms with Crippen LogP contribution < -0.4 is 4.90 Å². The van der Waals surface area contributed by atoms with Gasteiger partial charge in [-0.25, -0.2) is 4.79 Å². The van der Waals surface area contributed by atoms with Crippen LogP contribution in [-0.2, 0) is 11.3 Å². The molecule has 2 aliphatic rings. The Balaban J connectivity index is 1.24. The normalized spacial score (nSPS) is 14.8. The van der Waals surface area contributed by atoms with E-state index < -0.39 is 0 Å². The average Bonchev–Trinajstić information content (AvgIpc) is 3.24. The number of hydrogen-bond acceptors (Lipinski definition) is 4. The van der Waals surface area contributed by atoms with Crippen molar-refractivity contribution in [1.82, 2.24) is 4.90 Å². The summed E-state index contributed by atoms with van der Waals surface area (Å²) >= 11 is 2.37. The summed E-state index contributed by atoms with van der Waals surface area (Å²) in [5, 5.41) is 3.77. The third-order valence-electron chi connectivity index (χ3n) is 7.35. The predicted octanol–water partition coefficient (Wildman–Crippen LogP) is 6.79. The predicted molar refractivity (Wildman–Crippen MR) is 150 cm³/mol. The first kappa shape index (κ1) is 24.5. The molecule has 0 radical (unpaired) electrons. The molecule has 1 saturated heterocycles. The van der Waals surface area contributed by atoms with Crippen molar-refractivity contribution in [3.05, 3.63) is 96.4 Å². The van der Waals surface area contributed by atoms with Gasteiger partial charge in [0, 0.05) is 46.3 Å². The summed E-state index contributed by atoms with van der Waals surface area (Å²) in [6.45, 7) is 7.53. The molecule has 0 bridgehead atoms. The molecule has 0 unspecified atom stereocenters. The number of ether oxygens (including phenoxy) is 1. The molecule has 1 heterocycles. The van der Waals surface area contributed by atoms with E-state index in [-0.39, 0.29) is 12.0 Å². The number of nitrogens with zero attached hydrogens (tertiary/aromatic N) is 5. The van der Waals surface area contributed by atoms with Gasteiger partial charge in [-0.1, -0.05) is 53.6 Å². The quantitative estimate of drug-likeness (QED) is 0.141. The van der Waals surface area contributed by atoms with Crippen molar-refractivity contribution in [2.75, 3.05) is 37.7 Å². The van der Waals surface area contributed by atoms with Crippen LogP contribution in [0.2, 0.25) is 0 Å². The Kier molecular flexibility index (Phi) is 7.07. The average molecular weight is 593 g/mol. The number of piperazine rings is 1. The summed E-state index contributed by atoms with van der Waals surface area (Å²) in [7, 11) is 0. The fourth-order valence-corrected chi connectivity index (χ4v) is 5.95. The molecule has 7 nitrogen and oxygen atoms in total. The van der Waals surface area contributed by atoms with Gasteiger partial charge in [0.15, 0.2) is 0 Å². The van der Waals surface area contributed by atoms with Crippen LogP contribution in [0, 0.1) is 17.4 Å². The molecule has 3 aromatic rings. The number of amides is 1. The van der Waals surface area contributed by atoms with Gasteiger partial charge >= 0.3 is 6.09 Å². The lowest BCUT2D eigenvalue weighted by molar-refractivity contribution is 0.0977. The molecule has 0 saturated carbocycles. The number of azide groups is 1. The van der Waals surface area contributed by atoms with Crippen LogP contribution in [0.3, 0.4) is 0 Å².